The second-order valence-corrected chi connectivity index (χ2v) is 10.9. The number of hydrogen-bond donors (Lipinski definition) is 4. The van der Waals surface area contributed by atoms with Crippen molar-refractivity contribution < 1.29 is 23.8 Å². The van der Waals surface area contributed by atoms with E-state index in [4.69, 9.17) is 16.2 Å². The van der Waals surface area contributed by atoms with Crippen LogP contribution in [0.5, 0.6) is 6.01 Å². The lowest BCUT2D eigenvalue weighted by atomic mass is 9.93. The van der Waals surface area contributed by atoms with Crippen molar-refractivity contribution in [3.05, 3.63) is 29.3 Å². The van der Waals surface area contributed by atoms with E-state index in [1.54, 1.807) is 32.9 Å². The van der Waals surface area contributed by atoms with Crippen molar-refractivity contribution in [2.24, 2.45) is 11.7 Å². The summed E-state index contributed by atoms with van der Waals surface area (Å²) in [6, 6.07) is 2.78. The van der Waals surface area contributed by atoms with Gasteiger partial charge in [-0.05, 0) is 59.1 Å². The van der Waals surface area contributed by atoms with Gasteiger partial charge in [-0.1, -0.05) is 0 Å². The highest BCUT2D eigenvalue weighted by molar-refractivity contribution is 5.95. The Morgan fingerprint density at radius 1 is 1.26 bits per heavy atom. The Bertz CT molecular complexity index is 1210. The number of primary amides is 1. The molecule has 12 nitrogen and oxygen atoms in total. The summed E-state index contributed by atoms with van der Waals surface area (Å²) in [5, 5.41) is 12.9. The van der Waals surface area contributed by atoms with Crippen molar-refractivity contribution in [2.75, 3.05) is 30.3 Å². The molecule has 1 saturated heterocycles. The number of nitrogens with one attached hydrogen (secondary N) is 1. The summed E-state index contributed by atoms with van der Waals surface area (Å²) in [5.74, 6) is -1.36. The number of aliphatic hydroxyl groups is 1. The van der Waals surface area contributed by atoms with E-state index >= 15 is 0 Å². The summed E-state index contributed by atoms with van der Waals surface area (Å²) in [5.41, 5.74) is 9.79. The average Bonchev–Trinajstić information content (AvgIpc) is 3.48. The molecule has 2 aromatic rings. The van der Waals surface area contributed by atoms with Gasteiger partial charge in [0.25, 0.3) is 11.8 Å². The second kappa shape index (κ2) is 10.3. The summed E-state index contributed by atoms with van der Waals surface area (Å²) in [4.78, 5) is 43.8. The van der Waals surface area contributed by atoms with Crippen molar-refractivity contribution in [3.8, 4) is 6.01 Å². The number of aromatic nitrogens is 4. The fraction of sp³-hybridized carbons (Fsp3) is 0.600. The molecule has 6 N–H and O–H groups in total. The number of carbonyl (C=O) groups excluding carboxylic acids is 2. The highest BCUT2D eigenvalue weighted by Gasteiger charge is 2.51. The summed E-state index contributed by atoms with van der Waals surface area (Å²) in [6.07, 6.45) is 1.75. The quantitative estimate of drug-likeness (QED) is 0.369. The number of piperidine rings is 1. The first kappa shape index (κ1) is 27.4. The van der Waals surface area contributed by atoms with Crippen LogP contribution in [-0.2, 0) is 0 Å². The van der Waals surface area contributed by atoms with Crippen molar-refractivity contribution >= 4 is 23.5 Å². The Kier molecular flexibility index (Phi) is 7.42. The maximum atomic E-state index is 14.0. The predicted molar refractivity (Wildman–Crippen MR) is 138 cm³/mol. The van der Waals surface area contributed by atoms with Gasteiger partial charge in [0.15, 0.2) is 5.69 Å². The lowest BCUT2D eigenvalue weighted by Crippen LogP contribution is -2.47. The molecule has 2 aliphatic rings. The zero-order chi connectivity index (χ0) is 27.8. The first-order valence-electron chi connectivity index (χ1n) is 12.7. The van der Waals surface area contributed by atoms with Crippen molar-refractivity contribution in [2.45, 2.75) is 70.2 Å². The van der Waals surface area contributed by atoms with Crippen molar-refractivity contribution in [1.82, 2.24) is 25.3 Å². The van der Waals surface area contributed by atoms with Crippen LogP contribution in [0.4, 0.5) is 16.0 Å². The maximum Gasteiger partial charge on any atom is 0.321 e. The molecule has 13 heteroatoms. The molecule has 2 fully saturated rings. The van der Waals surface area contributed by atoms with Crippen LogP contribution in [0.25, 0.3) is 0 Å². The van der Waals surface area contributed by atoms with Crippen LogP contribution in [0.1, 0.15) is 79.7 Å². The second-order valence-electron chi connectivity index (χ2n) is 10.9. The fourth-order valence-electron chi connectivity index (χ4n) is 4.21. The Balaban J connectivity index is 1.51. The van der Waals surface area contributed by atoms with E-state index < -0.39 is 29.1 Å². The number of ether oxygens (including phenoxy) is 1. The lowest BCUT2D eigenvalue weighted by molar-refractivity contribution is 0.0405. The molecule has 1 aliphatic heterocycles. The summed E-state index contributed by atoms with van der Waals surface area (Å²) in [7, 11) is 0. The van der Waals surface area contributed by atoms with E-state index in [1.807, 2.05) is 4.90 Å². The topological polar surface area (TPSA) is 182 Å². The molecule has 2 unspecified atom stereocenters. The number of rotatable bonds is 9. The largest absolute Gasteiger partial charge is 0.463 e. The molecule has 0 spiro atoms. The Morgan fingerprint density at radius 3 is 2.50 bits per heavy atom. The standard InChI is InChI=1S/C25H35FN8O4/c1-13(24(2,3)37)29-21(36)20-31-22(33-23(32-20)38-12-15-11-25(15,4)26)34-9-7-14(8-10-34)17-6-5-16(27)18(30-17)19(28)35/h5-6,13-15,37H,7-12,27H2,1-4H3,(H2,28,35)(H,29,36)/t13-,15?,25?/m1/s1. The molecule has 206 valence electrons. The number of anilines is 2. The van der Waals surface area contributed by atoms with Gasteiger partial charge in [-0.15, -0.1) is 0 Å². The van der Waals surface area contributed by atoms with Gasteiger partial charge in [-0.3, -0.25) is 9.59 Å². The van der Waals surface area contributed by atoms with E-state index in [1.165, 1.54) is 6.92 Å². The summed E-state index contributed by atoms with van der Waals surface area (Å²) in [6.45, 7) is 7.53. The highest BCUT2D eigenvalue weighted by Crippen LogP contribution is 2.46. The number of alkyl halides is 1. The fourth-order valence-corrected chi connectivity index (χ4v) is 4.21. The average molecular weight is 531 g/mol. The SMILES string of the molecule is C[C@@H](NC(=O)c1nc(OCC2CC2(C)F)nc(N2CCC(c3ccc(N)c(C(N)=O)n3)CC2)n1)C(C)(C)O. The molecule has 38 heavy (non-hydrogen) atoms. The number of halogens is 1. The van der Waals surface area contributed by atoms with Crippen LogP contribution < -0.4 is 26.4 Å². The van der Waals surface area contributed by atoms with Crippen LogP contribution in [0.3, 0.4) is 0 Å². The molecular weight excluding hydrogens is 495 g/mol. The minimum absolute atomic E-state index is 0.0557. The van der Waals surface area contributed by atoms with Gasteiger partial charge in [0.1, 0.15) is 5.67 Å². The smallest absolute Gasteiger partial charge is 0.321 e. The molecule has 0 radical (unpaired) electrons. The number of amides is 2. The zero-order valence-electron chi connectivity index (χ0n) is 22.1. The van der Waals surface area contributed by atoms with Crippen LogP contribution in [-0.4, -0.2) is 73.9 Å². The first-order valence-corrected chi connectivity index (χ1v) is 12.7. The summed E-state index contributed by atoms with van der Waals surface area (Å²) < 4.78 is 19.7. The van der Waals surface area contributed by atoms with Gasteiger partial charge in [0.05, 0.1) is 23.9 Å². The number of hydrogen-bond acceptors (Lipinski definition) is 10. The normalized spacial score (nSPS) is 22.6. The van der Waals surface area contributed by atoms with E-state index in [2.05, 4.69) is 25.3 Å². The van der Waals surface area contributed by atoms with Gasteiger partial charge < -0.3 is 31.5 Å². The molecule has 3 heterocycles. The van der Waals surface area contributed by atoms with Crippen LogP contribution in [0, 0.1) is 5.92 Å². The Morgan fingerprint density at radius 2 is 1.92 bits per heavy atom. The van der Waals surface area contributed by atoms with Crippen LogP contribution >= 0.6 is 0 Å². The molecular formula is C25H35FN8O4. The number of nitrogens with zero attached hydrogens (tertiary/aromatic N) is 5. The third-order valence-corrected chi connectivity index (χ3v) is 7.34. The molecule has 0 bridgehead atoms. The van der Waals surface area contributed by atoms with E-state index in [9.17, 15) is 19.1 Å². The first-order chi connectivity index (χ1) is 17.7. The van der Waals surface area contributed by atoms with Gasteiger partial charge >= 0.3 is 6.01 Å². The lowest BCUT2D eigenvalue weighted by Gasteiger charge is -2.32. The van der Waals surface area contributed by atoms with Crippen molar-refractivity contribution in [1.29, 1.82) is 0 Å². The van der Waals surface area contributed by atoms with Crippen LogP contribution in [0.15, 0.2) is 12.1 Å². The summed E-state index contributed by atoms with van der Waals surface area (Å²) >= 11 is 0. The minimum Gasteiger partial charge on any atom is -0.463 e. The number of nitrogens with two attached hydrogens (primary N) is 2. The number of pyridine rings is 1. The molecule has 1 aliphatic carbocycles. The van der Waals surface area contributed by atoms with Gasteiger partial charge in [0.2, 0.25) is 11.8 Å². The molecule has 4 rings (SSSR count). The molecule has 2 aromatic heterocycles. The van der Waals surface area contributed by atoms with E-state index in [0.29, 0.717) is 32.4 Å². The van der Waals surface area contributed by atoms with Crippen LogP contribution in [0.2, 0.25) is 0 Å². The highest BCUT2D eigenvalue weighted by atomic mass is 19.1. The predicted octanol–water partition coefficient (Wildman–Crippen LogP) is 1.35. The minimum atomic E-state index is -1.27. The molecule has 1 saturated carbocycles. The zero-order valence-corrected chi connectivity index (χ0v) is 22.1. The van der Waals surface area contributed by atoms with E-state index in [-0.39, 0.29) is 47.6 Å². The third-order valence-electron chi connectivity index (χ3n) is 7.34. The van der Waals surface area contributed by atoms with Gasteiger partial charge in [-0.25, -0.2) is 9.37 Å². The van der Waals surface area contributed by atoms with Gasteiger partial charge in [0, 0.05) is 30.6 Å². The molecule has 0 aromatic carbocycles. The molecule has 3 atom stereocenters. The number of nitrogen functional groups attached to an aromatic ring is 1. The van der Waals surface area contributed by atoms with Crippen molar-refractivity contribution in [3.63, 3.8) is 0 Å². The Labute approximate surface area is 220 Å². The molecule has 2 amide bonds. The number of carbonyl (C=O) groups is 2. The van der Waals surface area contributed by atoms with Gasteiger partial charge in [-0.2, -0.15) is 15.0 Å². The maximum absolute atomic E-state index is 14.0. The van der Waals surface area contributed by atoms with E-state index in [0.717, 1.165) is 5.69 Å². The Hall–Kier alpha value is -3.61. The monoisotopic (exact) mass is 530 g/mol. The third kappa shape index (κ3) is 6.26.